The quantitative estimate of drug-likeness (QED) is 0.620. The molecule has 1 fully saturated rings. The fourth-order valence-corrected chi connectivity index (χ4v) is 3.11. The number of para-hydroxylation sites is 1. The van der Waals surface area contributed by atoms with E-state index >= 15 is 0 Å². The Morgan fingerprint density at radius 1 is 0.960 bits per heavy atom. The molecule has 0 N–H and O–H groups in total. The van der Waals surface area contributed by atoms with Crippen molar-refractivity contribution in [2.45, 2.75) is 13.1 Å². The minimum Gasteiger partial charge on any atom is -0.297 e. The molecule has 0 aliphatic carbocycles. The van der Waals surface area contributed by atoms with Gasteiger partial charge in [-0.25, -0.2) is 0 Å². The molecular formula is C19H20N4O2. The lowest BCUT2D eigenvalue weighted by molar-refractivity contribution is -0.385. The Labute approximate surface area is 147 Å². The lowest BCUT2D eigenvalue weighted by Gasteiger charge is -2.34. The van der Waals surface area contributed by atoms with Crippen LogP contribution in [0.15, 0.2) is 48.5 Å². The molecule has 3 rings (SSSR count). The van der Waals surface area contributed by atoms with Crippen LogP contribution in [-0.4, -0.2) is 40.9 Å². The van der Waals surface area contributed by atoms with Crippen LogP contribution in [0.2, 0.25) is 0 Å². The summed E-state index contributed by atoms with van der Waals surface area (Å²) in [4.78, 5) is 15.4. The average molecular weight is 336 g/mol. The normalized spacial score (nSPS) is 15.6. The van der Waals surface area contributed by atoms with Crippen LogP contribution in [-0.2, 0) is 13.1 Å². The number of rotatable bonds is 5. The summed E-state index contributed by atoms with van der Waals surface area (Å²) < 4.78 is 0. The average Bonchev–Trinajstić information content (AvgIpc) is 2.64. The molecule has 6 nitrogen and oxygen atoms in total. The fourth-order valence-electron chi connectivity index (χ4n) is 3.11. The summed E-state index contributed by atoms with van der Waals surface area (Å²) in [7, 11) is 0. The zero-order chi connectivity index (χ0) is 17.6. The van der Waals surface area contributed by atoms with Gasteiger partial charge in [0.1, 0.15) is 0 Å². The van der Waals surface area contributed by atoms with Crippen molar-refractivity contribution in [3.8, 4) is 6.07 Å². The number of nitriles is 1. The maximum atomic E-state index is 11.1. The molecule has 1 heterocycles. The second kappa shape index (κ2) is 7.88. The monoisotopic (exact) mass is 336 g/mol. The van der Waals surface area contributed by atoms with Crippen molar-refractivity contribution in [1.29, 1.82) is 5.26 Å². The summed E-state index contributed by atoms with van der Waals surface area (Å²) in [5, 5.41) is 20.0. The Morgan fingerprint density at radius 2 is 1.56 bits per heavy atom. The van der Waals surface area contributed by atoms with Gasteiger partial charge in [-0.1, -0.05) is 30.3 Å². The molecule has 2 aromatic carbocycles. The molecule has 6 heteroatoms. The zero-order valence-electron chi connectivity index (χ0n) is 14.0. The van der Waals surface area contributed by atoms with Gasteiger partial charge in [-0.3, -0.25) is 19.9 Å². The van der Waals surface area contributed by atoms with Crippen molar-refractivity contribution < 1.29 is 4.92 Å². The molecular weight excluding hydrogens is 316 g/mol. The Kier molecular flexibility index (Phi) is 5.39. The largest absolute Gasteiger partial charge is 0.297 e. The smallest absolute Gasteiger partial charge is 0.273 e. The fraction of sp³-hybridized carbons (Fsp3) is 0.316. The van der Waals surface area contributed by atoms with E-state index < -0.39 is 0 Å². The first-order valence-electron chi connectivity index (χ1n) is 8.32. The zero-order valence-corrected chi connectivity index (χ0v) is 14.0. The van der Waals surface area contributed by atoms with E-state index in [1.165, 1.54) is 5.56 Å². The van der Waals surface area contributed by atoms with Crippen molar-refractivity contribution in [2.24, 2.45) is 0 Å². The SMILES string of the molecule is N#Cc1ccc(CN2CCN(Cc3ccccc3[N+](=O)[O-])CC2)cc1. The van der Waals surface area contributed by atoms with E-state index in [0.717, 1.165) is 38.3 Å². The van der Waals surface area contributed by atoms with Crippen molar-refractivity contribution in [1.82, 2.24) is 9.80 Å². The first kappa shape index (κ1) is 17.1. The molecule has 128 valence electrons. The van der Waals surface area contributed by atoms with Crippen LogP contribution in [0.3, 0.4) is 0 Å². The third kappa shape index (κ3) is 4.41. The summed E-state index contributed by atoms with van der Waals surface area (Å²) in [6.45, 7) is 5.12. The summed E-state index contributed by atoms with van der Waals surface area (Å²) in [5.74, 6) is 0. The molecule has 0 bridgehead atoms. The van der Waals surface area contributed by atoms with Gasteiger partial charge in [-0.05, 0) is 17.7 Å². The van der Waals surface area contributed by atoms with Gasteiger partial charge in [0.25, 0.3) is 5.69 Å². The molecule has 0 amide bonds. The Balaban J connectivity index is 1.53. The van der Waals surface area contributed by atoms with Gasteiger partial charge in [0, 0.05) is 50.9 Å². The van der Waals surface area contributed by atoms with Gasteiger partial charge in [-0.2, -0.15) is 5.26 Å². The lowest BCUT2D eigenvalue weighted by atomic mass is 10.1. The van der Waals surface area contributed by atoms with Gasteiger partial charge < -0.3 is 0 Å². The topological polar surface area (TPSA) is 73.4 Å². The van der Waals surface area contributed by atoms with Crippen LogP contribution in [0, 0.1) is 21.4 Å². The second-order valence-corrected chi connectivity index (χ2v) is 6.25. The highest BCUT2D eigenvalue weighted by Crippen LogP contribution is 2.20. The van der Waals surface area contributed by atoms with Gasteiger partial charge >= 0.3 is 0 Å². The van der Waals surface area contributed by atoms with Crippen molar-refractivity contribution in [2.75, 3.05) is 26.2 Å². The molecule has 2 aromatic rings. The van der Waals surface area contributed by atoms with Gasteiger partial charge in [0.05, 0.1) is 16.6 Å². The first-order valence-corrected chi connectivity index (χ1v) is 8.32. The first-order chi connectivity index (χ1) is 12.2. The number of hydrogen-bond donors (Lipinski definition) is 0. The maximum absolute atomic E-state index is 11.1. The number of nitro groups is 1. The third-order valence-electron chi connectivity index (χ3n) is 4.54. The maximum Gasteiger partial charge on any atom is 0.273 e. The van der Waals surface area contributed by atoms with Gasteiger partial charge in [-0.15, -0.1) is 0 Å². The van der Waals surface area contributed by atoms with E-state index in [4.69, 9.17) is 5.26 Å². The molecule has 0 radical (unpaired) electrons. The molecule has 0 saturated carbocycles. The number of nitrogens with zero attached hydrogens (tertiary/aromatic N) is 4. The molecule has 0 aromatic heterocycles. The van der Waals surface area contributed by atoms with Crippen LogP contribution in [0.5, 0.6) is 0 Å². The highest BCUT2D eigenvalue weighted by Gasteiger charge is 2.20. The Morgan fingerprint density at radius 3 is 2.16 bits per heavy atom. The van der Waals surface area contributed by atoms with E-state index in [-0.39, 0.29) is 10.6 Å². The second-order valence-electron chi connectivity index (χ2n) is 6.25. The minimum atomic E-state index is -0.309. The highest BCUT2D eigenvalue weighted by molar-refractivity contribution is 5.39. The van der Waals surface area contributed by atoms with Crippen molar-refractivity contribution >= 4 is 5.69 Å². The summed E-state index contributed by atoms with van der Waals surface area (Å²) in [6, 6.07) is 16.8. The predicted octanol–water partition coefficient (Wildman–Crippen LogP) is 2.78. The molecule has 1 saturated heterocycles. The number of benzene rings is 2. The Hall–Kier alpha value is -2.75. The van der Waals surface area contributed by atoms with E-state index in [1.54, 1.807) is 12.1 Å². The molecule has 0 unspecified atom stereocenters. The number of piperazine rings is 1. The number of hydrogen-bond acceptors (Lipinski definition) is 5. The van der Waals surface area contributed by atoms with Crippen LogP contribution in [0.1, 0.15) is 16.7 Å². The predicted molar refractivity (Wildman–Crippen MR) is 94.8 cm³/mol. The Bertz CT molecular complexity index is 775. The van der Waals surface area contributed by atoms with E-state index in [0.29, 0.717) is 12.1 Å². The van der Waals surface area contributed by atoms with Crippen molar-refractivity contribution in [3.63, 3.8) is 0 Å². The van der Waals surface area contributed by atoms with Crippen LogP contribution in [0.25, 0.3) is 0 Å². The third-order valence-corrected chi connectivity index (χ3v) is 4.54. The number of nitro benzene ring substituents is 1. The molecule has 1 aliphatic rings. The molecule has 25 heavy (non-hydrogen) atoms. The van der Waals surface area contributed by atoms with Gasteiger partial charge in [0.15, 0.2) is 0 Å². The minimum absolute atomic E-state index is 0.197. The molecule has 0 spiro atoms. The van der Waals surface area contributed by atoms with E-state index in [1.807, 2.05) is 36.4 Å². The summed E-state index contributed by atoms with van der Waals surface area (Å²) >= 11 is 0. The van der Waals surface area contributed by atoms with Crippen LogP contribution < -0.4 is 0 Å². The van der Waals surface area contributed by atoms with E-state index in [9.17, 15) is 10.1 Å². The molecule has 1 aliphatic heterocycles. The lowest BCUT2D eigenvalue weighted by Crippen LogP contribution is -2.45. The molecule has 0 atom stereocenters. The standard InChI is InChI=1S/C19H20N4O2/c20-13-16-5-7-17(8-6-16)14-21-9-11-22(12-10-21)15-18-3-1-2-4-19(18)23(24)25/h1-8H,9-12,14-15H2. The summed E-state index contributed by atoms with van der Waals surface area (Å²) in [6.07, 6.45) is 0. The van der Waals surface area contributed by atoms with Crippen molar-refractivity contribution in [3.05, 3.63) is 75.3 Å². The highest BCUT2D eigenvalue weighted by atomic mass is 16.6. The van der Waals surface area contributed by atoms with Gasteiger partial charge in [0.2, 0.25) is 0 Å². The summed E-state index contributed by atoms with van der Waals surface area (Å²) in [5.41, 5.74) is 2.85. The van der Waals surface area contributed by atoms with Crippen LogP contribution >= 0.6 is 0 Å². The van der Waals surface area contributed by atoms with E-state index in [2.05, 4.69) is 15.9 Å². The van der Waals surface area contributed by atoms with Crippen LogP contribution in [0.4, 0.5) is 5.69 Å².